The minimum absolute atomic E-state index is 0.446. The number of halogens is 1. The maximum atomic E-state index is 5.12. The Hall–Kier alpha value is -1.27. The first-order chi connectivity index (χ1) is 7.84. The molecular formula is C10H8BrN3OS. The van der Waals surface area contributed by atoms with Gasteiger partial charge in [-0.25, -0.2) is 0 Å². The Bertz CT molecular complexity index is 455. The molecule has 1 aromatic heterocycles. The van der Waals surface area contributed by atoms with Gasteiger partial charge in [0, 0.05) is 9.85 Å². The highest BCUT2D eigenvalue weighted by atomic mass is 79.9. The maximum Gasteiger partial charge on any atom is 0.142 e. The molecule has 0 spiro atoms. The van der Waals surface area contributed by atoms with E-state index in [1.54, 1.807) is 11.6 Å². The van der Waals surface area contributed by atoms with Crippen LogP contribution < -0.4 is 0 Å². The van der Waals surface area contributed by atoms with Crippen molar-refractivity contribution in [2.75, 3.05) is 0 Å². The highest BCUT2D eigenvalue weighted by Gasteiger charge is 1.93. The summed E-state index contributed by atoms with van der Waals surface area (Å²) in [5, 5.41) is 9.40. The summed E-state index contributed by atoms with van der Waals surface area (Å²) in [6, 6.07) is 7.88. The van der Waals surface area contributed by atoms with Crippen molar-refractivity contribution in [3.05, 3.63) is 45.4 Å². The van der Waals surface area contributed by atoms with Crippen LogP contribution in [0.2, 0.25) is 0 Å². The number of benzene rings is 1. The van der Waals surface area contributed by atoms with E-state index in [0.717, 1.165) is 10.0 Å². The third-order valence-electron chi connectivity index (χ3n) is 1.78. The summed E-state index contributed by atoms with van der Waals surface area (Å²) in [6.07, 6.45) is 1.54. The Kier molecular flexibility index (Phi) is 4.01. The lowest BCUT2D eigenvalue weighted by Crippen LogP contribution is -1.88. The molecule has 0 amide bonds. The third-order valence-corrected chi connectivity index (χ3v) is 2.83. The fourth-order valence-corrected chi connectivity index (χ4v) is 1.68. The number of hydrogen-bond donors (Lipinski definition) is 0. The molecule has 0 saturated carbocycles. The van der Waals surface area contributed by atoms with E-state index in [2.05, 4.69) is 30.7 Å². The fourth-order valence-electron chi connectivity index (χ4n) is 1.01. The lowest BCUT2D eigenvalue weighted by molar-refractivity contribution is 0.132. The second kappa shape index (κ2) is 5.72. The minimum Gasteiger partial charge on any atom is -0.391 e. The minimum atomic E-state index is 0.446. The Morgan fingerprint density at radius 2 is 2.19 bits per heavy atom. The molecule has 0 atom stereocenters. The van der Waals surface area contributed by atoms with E-state index in [0.29, 0.717) is 12.3 Å². The smallest absolute Gasteiger partial charge is 0.142 e. The van der Waals surface area contributed by atoms with Crippen molar-refractivity contribution < 1.29 is 4.84 Å². The Labute approximate surface area is 105 Å². The molecule has 0 aliphatic carbocycles. The lowest BCUT2D eigenvalue weighted by Gasteiger charge is -1.98. The first kappa shape index (κ1) is 11.2. The molecule has 0 saturated heterocycles. The zero-order chi connectivity index (χ0) is 11.2. The van der Waals surface area contributed by atoms with Crippen molar-refractivity contribution in [3.8, 4) is 0 Å². The van der Waals surface area contributed by atoms with Crippen LogP contribution in [0.4, 0.5) is 0 Å². The van der Waals surface area contributed by atoms with Crippen LogP contribution in [0.5, 0.6) is 0 Å². The molecule has 0 unspecified atom stereocenters. The first-order valence-electron chi connectivity index (χ1n) is 4.51. The van der Waals surface area contributed by atoms with Crippen LogP contribution >= 0.6 is 27.5 Å². The van der Waals surface area contributed by atoms with Crippen LogP contribution in [-0.2, 0) is 11.4 Å². The van der Waals surface area contributed by atoms with Gasteiger partial charge in [0.15, 0.2) is 0 Å². The van der Waals surface area contributed by atoms with Gasteiger partial charge >= 0.3 is 0 Å². The molecule has 0 bridgehead atoms. The molecule has 4 nitrogen and oxygen atoms in total. The van der Waals surface area contributed by atoms with Crippen LogP contribution in [0.15, 0.2) is 39.3 Å². The summed E-state index contributed by atoms with van der Waals surface area (Å²) >= 11 is 4.65. The highest BCUT2D eigenvalue weighted by Crippen LogP contribution is 2.11. The van der Waals surface area contributed by atoms with Crippen LogP contribution in [0.1, 0.15) is 11.3 Å². The standard InChI is InChI=1S/C10H8BrN3OS/c11-9-3-1-8(2-4-9)6-15-12-5-10-7-16-14-13-10/h1-5,7H,6H2/b12-5+. The molecule has 0 N–H and O–H groups in total. The Morgan fingerprint density at radius 3 is 2.88 bits per heavy atom. The van der Waals surface area contributed by atoms with Crippen LogP contribution in [0.25, 0.3) is 0 Å². The number of hydrogen-bond acceptors (Lipinski definition) is 5. The average molecular weight is 298 g/mol. The topological polar surface area (TPSA) is 47.4 Å². The van der Waals surface area contributed by atoms with Gasteiger partial charge in [-0.2, -0.15) is 0 Å². The van der Waals surface area contributed by atoms with Gasteiger partial charge in [-0.15, -0.1) is 5.10 Å². The predicted molar refractivity (Wildman–Crippen MR) is 66.4 cm³/mol. The third kappa shape index (κ3) is 3.39. The van der Waals surface area contributed by atoms with Gasteiger partial charge in [0.05, 0.1) is 6.21 Å². The number of oxime groups is 1. The van der Waals surface area contributed by atoms with Gasteiger partial charge in [-0.1, -0.05) is 37.7 Å². The normalized spacial score (nSPS) is 10.8. The van der Waals surface area contributed by atoms with E-state index >= 15 is 0 Å². The van der Waals surface area contributed by atoms with E-state index in [1.807, 2.05) is 24.3 Å². The van der Waals surface area contributed by atoms with Gasteiger partial charge in [-0.3, -0.25) is 0 Å². The van der Waals surface area contributed by atoms with E-state index in [4.69, 9.17) is 4.84 Å². The number of rotatable bonds is 4. The molecule has 0 aliphatic heterocycles. The van der Waals surface area contributed by atoms with Crippen molar-refractivity contribution >= 4 is 33.7 Å². The van der Waals surface area contributed by atoms with Crippen molar-refractivity contribution in [2.24, 2.45) is 5.16 Å². The molecule has 1 heterocycles. The molecule has 0 fully saturated rings. The summed E-state index contributed by atoms with van der Waals surface area (Å²) in [5.41, 5.74) is 1.78. The molecule has 82 valence electrons. The molecule has 16 heavy (non-hydrogen) atoms. The second-order valence-electron chi connectivity index (χ2n) is 2.96. The summed E-state index contributed by atoms with van der Waals surface area (Å²) in [5.74, 6) is 0. The fraction of sp³-hybridized carbons (Fsp3) is 0.100. The zero-order valence-corrected chi connectivity index (χ0v) is 10.6. The molecule has 2 rings (SSSR count). The monoisotopic (exact) mass is 297 g/mol. The maximum absolute atomic E-state index is 5.12. The molecular weight excluding hydrogens is 290 g/mol. The van der Waals surface area contributed by atoms with Gasteiger partial charge in [0.2, 0.25) is 0 Å². The molecule has 2 aromatic rings. The zero-order valence-electron chi connectivity index (χ0n) is 8.21. The van der Waals surface area contributed by atoms with E-state index in [1.165, 1.54) is 11.5 Å². The van der Waals surface area contributed by atoms with Crippen molar-refractivity contribution in [1.82, 2.24) is 9.59 Å². The molecule has 0 aliphatic rings. The first-order valence-corrected chi connectivity index (χ1v) is 6.14. The van der Waals surface area contributed by atoms with Crippen molar-refractivity contribution in [2.45, 2.75) is 6.61 Å². The largest absolute Gasteiger partial charge is 0.391 e. The van der Waals surface area contributed by atoms with Gasteiger partial charge in [0.1, 0.15) is 12.3 Å². The summed E-state index contributed by atoms with van der Waals surface area (Å²) in [7, 11) is 0. The van der Waals surface area contributed by atoms with Crippen molar-refractivity contribution in [3.63, 3.8) is 0 Å². The van der Waals surface area contributed by atoms with Gasteiger partial charge < -0.3 is 4.84 Å². The highest BCUT2D eigenvalue weighted by molar-refractivity contribution is 9.10. The van der Waals surface area contributed by atoms with Crippen LogP contribution in [-0.4, -0.2) is 15.8 Å². The number of nitrogens with zero attached hydrogens (tertiary/aromatic N) is 3. The summed E-state index contributed by atoms with van der Waals surface area (Å²) < 4.78 is 4.76. The average Bonchev–Trinajstić information content (AvgIpc) is 2.80. The number of aromatic nitrogens is 2. The molecule has 1 aromatic carbocycles. The summed E-state index contributed by atoms with van der Waals surface area (Å²) in [4.78, 5) is 5.12. The lowest BCUT2D eigenvalue weighted by atomic mass is 10.2. The van der Waals surface area contributed by atoms with Crippen LogP contribution in [0, 0.1) is 0 Å². The van der Waals surface area contributed by atoms with E-state index in [-0.39, 0.29) is 0 Å². The Morgan fingerprint density at radius 1 is 1.38 bits per heavy atom. The molecule has 0 radical (unpaired) electrons. The predicted octanol–water partition coefficient (Wildman–Crippen LogP) is 2.85. The Balaban J connectivity index is 1.82. The van der Waals surface area contributed by atoms with Crippen LogP contribution in [0.3, 0.4) is 0 Å². The van der Waals surface area contributed by atoms with Crippen molar-refractivity contribution in [1.29, 1.82) is 0 Å². The van der Waals surface area contributed by atoms with E-state index in [9.17, 15) is 0 Å². The van der Waals surface area contributed by atoms with E-state index < -0.39 is 0 Å². The SMILES string of the molecule is Brc1ccc(CO/N=C/c2csnn2)cc1. The summed E-state index contributed by atoms with van der Waals surface area (Å²) in [6.45, 7) is 0.446. The molecule has 6 heteroatoms. The quantitative estimate of drug-likeness (QED) is 0.644. The van der Waals surface area contributed by atoms with Gasteiger partial charge in [-0.05, 0) is 29.2 Å². The van der Waals surface area contributed by atoms with Gasteiger partial charge in [0.25, 0.3) is 0 Å². The second-order valence-corrected chi connectivity index (χ2v) is 4.49.